The van der Waals surface area contributed by atoms with E-state index in [9.17, 15) is 4.79 Å². The maximum Gasteiger partial charge on any atom is 0.269 e. The molecule has 0 unspecified atom stereocenters. The Hall–Kier alpha value is -0.610. The van der Waals surface area contributed by atoms with Crippen molar-refractivity contribution in [2.45, 2.75) is 0 Å². The van der Waals surface area contributed by atoms with Gasteiger partial charge >= 0.3 is 0 Å². The summed E-state index contributed by atoms with van der Waals surface area (Å²) >= 11 is 6.68. The van der Waals surface area contributed by atoms with Crippen molar-refractivity contribution in [1.82, 2.24) is 4.98 Å². The number of carbonyl (C=O) groups is 1. The normalized spacial score (nSPS) is 9.44. The molecule has 1 aromatic rings. The lowest BCUT2D eigenvalue weighted by molar-refractivity contribution is 0.0996. The molecule has 1 aromatic heterocycles. The van der Waals surface area contributed by atoms with Gasteiger partial charge in [-0.3, -0.25) is 4.79 Å². The van der Waals surface area contributed by atoms with Gasteiger partial charge in [0, 0.05) is 0 Å². The Morgan fingerprint density at radius 1 is 1.89 bits per heavy atom. The van der Waals surface area contributed by atoms with Gasteiger partial charge in [-0.15, -0.1) is 11.3 Å². The number of aromatic nitrogens is 1. The van der Waals surface area contributed by atoms with Gasteiger partial charge in [0.05, 0.1) is 5.51 Å². The highest BCUT2D eigenvalue weighted by atomic mass is 35.5. The lowest BCUT2D eigenvalue weighted by atomic mass is 10.5. The van der Waals surface area contributed by atoms with E-state index in [0.29, 0.717) is 4.34 Å². The molecule has 0 fully saturated rings. The van der Waals surface area contributed by atoms with Crippen LogP contribution >= 0.6 is 22.9 Å². The summed E-state index contributed by atoms with van der Waals surface area (Å²) in [6.45, 7) is 0. The van der Waals surface area contributed by atoms with Crippen LogP contribution in [-0.2, 0) is 0 Å². The van der Waals surface area contributed by atoms with Crippen molar-refractivity contribution in [3.8, 4) is 0 Å². The second-order valence-electron chi connectivity index (χ2n) is 1.34. The average Bonchev–Trinajstić information content (AvgIpc) is 2.13. The van der Waals surface area contributed by atoms with E-state index >= 15 is 0 Å². The molecule has 5 heteroatoms. The summed E-state index contributed by atoms with van der Waals surface area (Å²) < 4.78 is 0.350. The summed E-state index contributed by atoms with van der Waals surface area (Å²) in [4.78, 5) is 14.0. The third-order valence-electron chi connectivity index (χ3n) is 0.758. The molecule has 1 rings (SSSR count). The molecular formula is C4H3ClN2OS. The first-order valence-electron chi connectivity index (χ1n) is 2.10. The van der Waals surface area contributed by atoms with Crippen LogP contribution in [0.25, 0.3) is 0 Å². The number of thiazole rings is 1. The average molecular weight is 163 g/mol. The van der Waals surface area contributed by atoms with Gasteiger partial charge in [-0.25, -0.2) is 4.98 Å². The van der Waals surface area contributed by atoms with Gasteiger partial charge in [-0.2, -0.15) is 0 Å². The van der Waals surface area contributed by atoms with E-state index in [1.165, 1.54) is 16.8 Å². The highest BCUT2D eigenvalue weighted by Gasteiger charge is 2.07. The molecule has 3 nitrogen and oxygen atoms in total. The number of primary amides is 1. The smallest absolute Gasteiger partial charge is 0.269 e. The number of hydrogen-bond acceptors (Lipinski definition) is 3. The zero-order valence-corrected chi connectivity index (χ0v) is 5.87. The molecule has 9 heavy (non-hydrogen) atoms. The molecule has 0 saturated heterocycles. The van der Waals surface area contributed by atoms with Gasteiger partial charge < -0.3 is 5.73 Å². The van der Waals surface area contributed by atoms with Crippen LogP contribution in [-0.4, -0.2) is 10.9 Å². The molecule has 0 saturated carbocycles. The number of halogens is 1. The topological polar surface area (TPSA) is 56.0 Å². The number of nitrogens with zero attached hydrogens (tertiary/aromatic N) is 1. The summed E-state index contributed by atoms with van der Waals surface area (Å²) in [6, 6.07) is 0. The van der Waals surface area contributed by atoms with Crippen LogP contribution in [0.15, 0.2) is 5.51 Å². The fraction of sp³-hybridized carbons (Fsp3) is 0. The van der Waals surface area contributed by atoms with Crippen LogP contribution in [0.4, 0.5) is 0 Å². The van der Waals surface area contributed by atoms with Gasteiger partial charge in [-0.05, 0) is 0 Å². The Morgan fingerprint density at radius 2 is 2.56 bits per heavy atom. The van der Waals surface area contributed by atoms with E-state index in [1.54, 1.807) is 0 Å². The van der Waals surface area contributed by atoms with Gasteiger partial charge in [0.25, 0.3) is 5.91 Å². The molecule has 0 aliphatic rings. The first-order valence-corrected chi connectivity index (χ1v) is 3.36. The van der Waals surface area contributed by atoms with E-state index < -0.39 is 5.91 Å². The molecule has 0 aliphatic carbocycles. The monoisotopic (exact) mass is 162 g/mol. The lowest BCUT2D eigenvalue weighted by Crippen LogP contribution is -2.11. The van der Waals surface area contributed by atoms with Crippen LogP contribution < -0.4 is 5.73 Å². The van der Waals surface area contributed by atoms with Gasteiger partial charge in [0.15, 0.2) is 5.69 Å². The Labute approximate surface area is 60.5 Å². The Morgan fingerprint density at radius 3 is 2.78 bits per heavy atom. The Balaban J connectivity index is 3.08. The quantitative estimate of drug-likeness (QED) is 0.667. The van der Waals surface area contributed by atoms with E-state index in [-0.39, 0.29) is 5.69 Å². The summed E-state index contributed by atoms with van der Waals surface area (Å²) in [6.07, 6.45) is 0. The standard InChI is InChI=1S/C4H3ClN2OS/c5-3-2(4(6)8)7-1-9-3/h1H,(H2,6,8). The minimum atomic E-state index is -0.582. The molecule has 0 atom stereocenters. The molecule has 48 valence electrons. The number of nitrogens with two attached hydrogens (primary N) is 1. The van der Waals surface area contributed by atoms with Crippen molar-refractivity contribution < 1.29 is 4.79 Å². The second kappa shape index (κ2) is 2.33. The summed E-state index contributed by atoms with van der Waals surface area (Å²) in [5.41, 5.74) is 6.51. The van der Waals surface area contributed by atoms with E-state index in [0.717, 1.165) is 0 Å². The van der Waals surface area contributed by atoms with Crippen LogP contribution in [0.5, 0.6) is 0 Å². The highest BCUT2D eigenvalue weighted by molar-refractivity contribution is 7.14. The third-order valence-corrected chi connectivity index (χ3v) is 1.81. The fourth-order valence-electron chi connectivity index (χ4n) is 0.392. The van der Waals surface area contributed by atoms with Gasteiger partial charge in [-0.1, -0.05) is 11.6 Å². The zero-order chi connectivity index (χ0) is 6.85. The van der Waals surface area contributed by atoms with E-state index in [2.05, 4.69) is 4.98 Å². The van der Waals surface area contributed by atoms with Gasteiger partial charge in [0.1, 0.15) is 4.34 Å². The predicted molar refractivity (Wildman–Crippen MR) is 35.6 cm³/mol. The molecule has 1 amide bonds. The van der Waals surface area contributed by atoms with Crippen molar-refractivity contribution in [3.63, 3.8) is 0 Å². The molecule has 2 N–H and O–H groups in total. The SMILES string of the molecule is NC(=O)c1ncsc1Cl. The van der Waals surface area contributed by atoms with Crippen molar-refractivity contribution >= 4 is 28.8 Å². The number of rotatable bonds is 1. The summed E-state index contributed by atoms with van der Waals surface area (Å²) in [5, 5.41) is 0. The van der Waals surface area contributed by atoms with Crippen LogP contribution in [0.3, 0.4) is 0 Å². The molecule has 0 spiro atoms. The molecule has 0 aromatic carbocycles. The van der Waals surface area contributed by atoms with E-state index in [4.69, 9.17) is 17.3 Å². The first-order chi connectivity index (χ1) is 4.22. The minimum Gasteiger partial charge on any atom is -0.364 e. The van der Waals surface area contributed by atoms with Crippen molar-refractivity contribution in [2.75, 3.05) is 0 Å². The largest absolute Gasteiger partial charge is 0.364 e. The third kappa shape index (κ3) is 1.20. The highest BCUT2D eigenvalue weighted by Crippen LogP contribution is 2.18. The van der Waals surface area contributed by atoms with E-state index in [1.807, 2.05) is 0 Å². The number of carbonyl (C=O) groups excluding carboxylic acids is 1. The Kier molecular flexibility index (Phi) is 1.68. The second-order valence-corrected chi connectivity index (χ2v) is 2.80. The molecule has 0 radical (unpaired) electrons. The molecule has 1 heterocycles. The summed E-state index contributed by atoms with van der Waals surface area (Å²) in [5.74, 6) is -0.582. The van der Waals surface area contributed by atoms with Crippen LogP contribution in [0.1, 0.15) is 10.5 Å². The van der Waals surface area contributed by atoms with Crippen molar-refractivity contribution in [3.05, 3.63) is 15.5 Å². The first kappa shape index (κ1) is 6.51. The van der Waals surface area contributed by atoms with Crippen molar-refractivity contribution in [1.29, 1.82) is 0 Å². The summed E-state index contributed by atoms with van der Waals surface area (Å²) in [7, 11) is 0. The fourth-order valence-corrected chi connectivity index (χ4v) is 1.17. The maximum absolute atomic E-state index is 10.4. The van der Waals surface area contributed by atoms with Crippen LogP contribution in [0, 0.1) is 0 Å². The molecular weight excluding hydrogens is 160 g/mol. The van der Waals surface area contributed by atoms with Crippen LogP contribution in [0.2, 0.25) is 4.34 Å². The molecule has 0 bridgehead atoms. The predicted octanol–water partition coefficient (Wildman–Crippen LogP) is 0.895. The Bertz CT molecular complexity index is 234. The molecule has 0 aliphatic heterocycles. The van der Waals surface area contributed by atoms with Crippen molar-refractivity contribution in [2.24, 2.45) is 5.73 Å². The van der Waals surface area contributed by atoms with Gasteiger partial charge in [0.2, 0.25) is 0 Å². The maximum atomic E-state index is 10.4. The number of hydrogen-bond donors (Lipinski definition) is 1. The zero-order valence-electron chi connectivity index (χ0n) is 4.30. The minimum absolute atomic E-state index is 0.154. The number of amides is 1. The lowest BCUT2D eigenvalue weighted by Gasteiger charge is -1.83.